The van der Waals surface area contributed by atoms with Gasteiger partial charge in [0.1, 0.15) is 11.5 Å². The van der Waals surface area contributed by atoms with Gasteiger partial charge in [-0.15, -0.1) is 0 Å². The first-order valence-corrected chi connectivity index (χ1v) is 7.75. The van der Waals surface area contributed by atoms with Crippen LogP contribution in [0.1, 0.15) is 22.8 Å². The normalized spacial score (nSPS) is 10.3. The lowest BCUT2D eigenvalue weighted by molar-refractivity contribution is -0.114. The Balaban J connectivity index is 2.20. The fourth-order valence-corrected chi connectivity index (χ4v) is 2.39. The van der Waals surface area contributed by atoms with Crippen LogP contribution in [-0.2, 0) is 4.79 Å². The van der Waals surface area contributed by atoms with Crippen molar-refractivity contribution in [2.45, 2.75) is 19.0 Å². The SMILES string of the molecule is CC(=O)CSc1nc(N)c(NC(=O)c2ccc(C)cc2)c(=O)[nH]1. The minimum absolute atomic E-state index is 0.0482. The molecule has 8 heteroatoms. The van der Waals surface area contributed by atoms with Gasteiger partial charge in [0.2, 0.25) is 0 Å². The Hall–Kier alpha value is -2.61. The molecule has 23 heavy (non-hydrogen) atoms. The number of nitrogen functional groups attached to an aromatic ring is 1. The minimum Gasteiger partial charge on any atom is -0.382 e. The number of carbonyl (C=O) groups is 2. The Morgan fingerprint density at radius 2 is 1.96 bits per heavy atom. The van der Waals surface area contributed by atoms with Crippen molar-refractivity contribution in [3.8, 4) is 0 Å². The van der Waals surface area contributed by atoms with Gasteiger partial charge in [-0.3, -0.25) is 19.4 Å². The minimum atomic E-state index is -0.566. The Kier molecular flexibility index (Phi) is 5.17. The second-order valence-electron chi connectivity index (χ2n) is 4.94. The zero-order valence-corrected chi connectivity index (χ0v) is 13.5. The second-order valence-corrected chi connectivity index (χ2v) is 5.91. The second kappa shape index (κ2) is 7.10. The summed E-state index contributed by atoms with van der Waals surface area (Å²) >= 11 is 1.07. The molecule has 0 unspecified atom stereocenters. The van der Waals surface area contributed by atoms with Gasteiger partial charge < -0.3 is 11.1 Å². The van der Waals surface area contributed by atoms with Gasteiger partial charge in [0, 0.05) is 5.56 Å². The molecule has 2 aromatic rings. The quantitative estimate of drug-likeness (QED) is 0.565. The average Bonchev–Trinajstić information content (AvgIpc) is 2.49. The standard InChI is InChI=1S/C15H16N4O3S/c1-8-3-5-10(6-4-8)13(21)17-11-12(16)18-15(19-14(11)22)23-7-9(2)20/h3-6H,7H2,1-2H3,(H,17,21)(H3,16,18,19,22). The third-order valence-corrected chi connectivity index (χ3v) is 3.91. The van der Waals surface area contributed by atoms with Crippen LogP contribution in [0.4, 0.5) is 11.5 Å². The molecule has 0 saturated heterocycles. The van der Waals surface area contributed by atoms with Gasteiger partial charge in [-0.2, -0.15) is 0 Å². The molecule has 0 fully saturated rings. The van der Waals surface area contributed by atoms with Gasteiger partial charge in [0.15, 0.2) is 11.0 Å². The molecule has 1 amide bonds. The van der Waals surface area contributed by atoms with E-state index in [1.165, 1.54) is 6.92 Å². The topological polar surface area (TPSA) is 118 Å². The Labute approximate surface area is 136 Å². The maximum absolute atomic E-state index is 12.1. The van der Waals surface area contributed by atoms with Gasteiger partial charge in [-0.1, -0.05) is 29.5 Å². The maximum Gasteiger partial charge on any atom is 0.277 e. The molecule has 1 heterocycles. The fraction of sp³-hybridized carbons (Fsp3) is 0.200. The number of carbonyl (C=O) groups excluding carboxylic acids is 2. The van der Waals surface area contributed by atoms with Crippen LogP contribution in [0.15, 0.2) is 34.2 Å². The highest BCUT2D eigenvalue weighted by Gasteiger charge is 2.14. The highest BCUT2D eigenvalue weighted by atomic mass is 32.2. The van der Waals surface area contributed by atoms with Crippen molar-refractivity contribution >= 4 is 35.0 Å². The number of hydrogen-bond donors (Lipinski definition) is 3. The van der Waals surface area contributed by atoms with Gasteiger partial charge in [-0.25, -0.2) is 4.98 Å². The van der Waals surface area contributed by atoms with Crippen LogP contribution >= 0.6 is 11.8 Å². The molecule has 1 aromatic carbocycles. The van der Waals surface area contributed by atoms with E-state index in [9.17, 15) is 14.4 Å². The number of nitrogens with one attached hydrogen (secondary N) is 2. The Bertz CT molecular complexity index is 799. The maximum atomic E-state index is 12.1. The zero-order chi connectivity index (χ0) is 17.0. The molecule has 0 aliphatic heterocycles. The number of nitrogens with two attached hydrogens (primary N) is 1. The summed E-state index contributed by atoms with van der Waals surface area (Å²) in [6.45, 7) is 3.34. The number of thioether (sulfide) groups is 1. The van der Waals surface area contributed by atoms with Crippen molar-refractivity contribution in [2.24, 2.45) is 0 Å². The molecule has 0 atom stereocenters. The molecule has 2 rings (SSSR count). The van der Waals surface area contributed by atoms with Gasteiger partial charge in [0.05, 0.1) is 5.75 Å². The summed E-state index contributed by atoms with van der Waals surface area (Å²) in [6, 6.07) is 6.89. The van der Waals surface area contributed by atoms with E-state index in [-0.39, 0.29) is 28.2 Å². The number of aryl methyl sites for hydroxylation is 1. The predicted octanol–water partition coefficient (Wildman–Crippen LogP) is 1.59. The van der Waals surface area contributed by atoms with Crippen molar-refractivity contribution in [3.63, 3.8) is 0 Å². The van der Waals surface area contributed by atoms with Crippen molar-refractivity contribution in [3.05, 3.63) is 45.7 Å². The number of ketones is 1. The first kappa shape index (κ1) is 16.8. The van der Waals surface area contributed by atoms with Crippen LogP contribution in [0.25, 0.3) is 0 Å². The highest BCUT2D eigenvalue weighted by Crippen LogP contribution is 2.17. The number of hydrogen-bond acceptors (Lipinski definition) is 6. The summed E-state index contributed by atoms with van der Waals surface area (Å²) in [6.07, 6.45) is 0. The van der Waals surface area contributed by atoms with E-state index in [4.69, 9.17) is 5.73 Å². The van der Waals surface area contributed by atoms with E-state index in [1.807, 2.05) is 6.92 Å². The van der Waals surface area contributed by atoms with Crippen molar-refractivity contribution in [1.29, 1.82) is 0 Å². The highest BCUT2D eigenvalue weighted by molar-refractivity contribution is 7.99. The lowest BCUT2D eigenvalue weighted by atomic mass is 10.1. The molecule has 0 aliphatic carbocycles. The molecule has 7 nitrogen and oxygen atoms in total. The fourth-order valence-electron chi connectivity index (χ4n) is 1.72. The van der Waals surface area contributed by atoms with E-state index < -0.39 is 11.5 Å². The van der Waals surface area contributed by atoms with E-state index in [0.29, 0.717) is 5.56 Å². The molecule has 120 valence electrons. The van der Waals surface area contributed by atoms with Gasteiger partial charge in [0.25, 0.3) is 11.5 Å². The number of nitrogens with zero attached hydrogens (tertiary/aromatic N) is 1. The van der Waals surface area contributed by atoms with Crippen molar-refractivity contribution < 1.29 is 9.59 Å². The molecule has 0 bridgehead atoms. The molecular formula is C15H16N4O3S. The molecule has 4 N–H and O–H groups in total. The lowest BCUT2D eigenvalue weighted by Gasteiger charge is -2.08. The van der Waals surface area contributed by atoms with Crippen LogP contribution in [0.3, 0.4) is 0 Å². The van der Waals surface area contributed by atoms with Crippen LogP contribution in [0.2, 0.25) is 0 Å². The summed E-state index contributed by atoms with van der Waals surface area (Å²) in [7, 11) is 0. The first-order chi connectivity index (χ1) is 10.9. The average molecular weight is 332 g/mol. The number of Topliss-reactive ketones (excluding diaryl/α,β-unsaturated/α-hetero) is 1. The van der Waals surface area contributed by atoms with Crippen LogP contribution < -0.4 is 16.6 Å². The van der Waals surface area contributed by atoms with Crippen LogP contribution in [-0.4, -0.2) is 27.4 Å². The van der Waals surface area contributed by atoms with E-state index in [0.717, 1.165) is 17.3 Å². The number of benzene rings is 1. The third-order valence-electron chi connectivity index (χ3n) is 2.89. The summed E-state index contributed by atoms with van der Waals surface area (Å²) in [5.74, 6) is -0.418. The summed E-state index contributed by atoms with van der Waals surface area (Å²) in [4.78, 5) is 41.6. The summed E-state index contributed by atoms with van der Waals surface area (Å²) < 4.78 is 0. The first-order valence-electron chi connectivity index (χ1n) is 6.77. The number of anilines is 2. The van der Waals surface area contributed by atoms with Crippen molar-refractivity contribution in [2.75, 3.05) is 16.8 Å². The van der Waals surface area contributed by atoms with Gasteiger partial charge in [-0.05, 0) is 26.0 Å². The molecule has 0 radical (unpaired) electrons. The monoisotopic (exact) mass is 332 g/mol. The van der Waals surface area contributed by atoms with Crippen LogP contribution in [0, 0.1) is 6.92 Å². The summed E-state index contributed by atoms with van der Waals surface area (Å²) in [5.41, 5.74) is 6.49. The smallest absolute Gasteiger partial charge is 0.277 e. The van der Waals surface area contributed by atoms with Crippen LogP contribution in [0.5, 0.6) is 0 Å². The largest absolute Gasteiger partial charge is 0.382 e. The zero-order valence-electron chi connectivity index (χ0n) is 12.7. The van der Waals surface area contributed by atoms with Crippen molar-refractivity contribution in [1.82, 2.24) is 9.97 Å². The number of amides is 1. The predicted molar refractivity (Wildman–Crippen MR) is 89.8 cm³/mol. The Morgan fingerprint density at radius 3 is 2.52 bits per heavy atom. The van der Waals surface area contributed by atoms with E-state index in [1.54, 1.807) is 24.3 Å². The number of H-pyrrole nitrogens is 1. The molecule has 0 aliphatic rings. The van der Waals surface area contributed by atoms with Gasteiger partial charge >= 0.3 is 0 Å². The lowest BCUT2D eigenvalue weighted by Crippen LogP contribution is -2.23. The molecular weight excluding hydrogens is 316 g/mol. The Morgan fingerprint density at radius 1 is 1.30 bits per heavy atom. The number of aromatic amines is 1. The third kappa shape index (κ3) is 4.43. The number of rotatable bonds is 5. The van der Waals surface area contributed by atoms with E-state index >= 15 is 0 Å². The number of aromatic nitrogens is 2. The molecule has 1 aromatic heterocycles. The summed E-state index contributed by atoms with van der Waals surface area (Å²) in [5, 5.41) is 2.69. The van der Waals surface area contributed by atoms with E-state index in [2.05, 4.69) is 15.3 Å². The molecule has 0 spiro atoms. The molecule has 0 saturated carbocycles.